The first-order valence-corrected chi connectivity index (χ1v) is 8.59. The van der Waals surface area contributed by atoms with Gasteiger partial charge in [-0.15, -0.1) is 0 Å². The largest absolute Gasteiger partial charge is 0.497 e. The number of benzene rings is 2. The molecule has 4 N–H and O–H groups in total. The molecule has 0 fully saturated rings. The number of rotatable bonds is 4. The second kappa shape index (κ2) is 7.53. The van der Waals surface area contributed by atoms with Crippen LogP contribution in [0.1, 0.15) is 27.9 Å². The molecule has 1 unspecified atom stereocenters. The molecule has 130 valence electrons. The summed E-state index contributed by atoms with van der Waals surface area (Å²) in [5, 5.41) is 7.10. The maximum atomic E-state index is 11.1. The quantitative estimate of drug-likeness (QED) is 0.735. The molecule has 3 rings (SSSR count). The van der Waals surface area contributed by atoms with E-state index in [2.05, 4.69) is 22.8 Å². The predicted molar refractivity (Wildman–Crippen MR) is 103 cm³/mol. The van der Waals surface area contributed by atoms with Gasteiger partial charge in [-0.05, 0) is 79.0 Å². The van der Waals surface area contributed by atoms with Gasteiger partial charge in [0.15, 0.2) is 5.11 Å². The number of hydrogen-bond acceptors (Lipinski definition) is 3. The Balaban J connectivity index is 1.57. The van der Waals surface area contributed by atoms with E-state index in [-0.39, 0.29) is 0 Å². The summed E-state index contributed by atoms with van der Waals surface area (Å²) in [6.45, 7) is 0. The number of nitrogens with one attached hydrogen (secondary N) is 2. The first-order valence-electron chi connectivity index (χ1n) is 8.18. The van der Waals surface area contributed by atoms with Crippen LogP contribution < -0.4 is 21.1 Å². The number of thiocarbonyl (C=S) groups is 1. The number of carbonyl (C=O) groups excluding carboxylic acids is 1. The number of nitrogens with two attached hydrogens (primary N) is 1. The number of fused-ring (bicyclic) bond motifs is 1. The third-order valence-corrected chi connectivity index (χ3v) is 4.62. The van der Waals surface area contributed by atoms with Crippen LogP contribution >= 0.6 is 12.2 Å². The number of hydrogen-bond donors (Lipinski definition) is 3. The summed E-state index contributed by atoms with van der Waals surface area (Å²) in [5.41, 5.74) is 9.22. The SMILES string of the molecule is COc1ccc2c(c1)CCC(NC(=S)Nc1ccc(C(N)=O)cc1)C2. The van der Waals surface area contributed by atoms with Gasteiger partial charge in [-0.2, -0.15) is 0 Å². The van der Waals surface area contributed by atoms with Crippen LogP contribution in [-0.2, 0) is 12.8 Å². The summed E-state index contributed by atoms with van der Waals surface area (Å²) in [6.07, 6.45) is 2.95. The van der Waals surface area contributed by atoms with Gasteiger partial charge in [-0.25, -0.2) is 0 Å². The van der Waals surface area contributed by atoms with Gasteiger partial charge in [0, 0.05) is 17.3 Å². The van der Waals surface area contributed by atoms with Crippen molar-refractivity contribution in [2.24, 2.45) is 5.73 Å². The number of carbonyl (C=O) groups is 1. The van der Waals surface area contributed by atoms with Gasteiger partial charge >= 0.3 is 0 Å². The Bertz CT molecular complexity index is 790. The monoisotopic (exact) mass is 355 g/mol. The van der Waals surface area contributed by atoms with Crippen molar-refractivity contribution < 1.29 is 9.53 Å². The van der Waals surface area contributed by atoms with Crippen molar-refractivity contribution in [3.05, 3.63) is 59.2 Å². The highest BCUT2D eigenvalue weighted by Gasteiger charge is 2.19. The topological polar surface area (TPSA) is 76.4 Å². The van der Waals surface area contributed by atoms with Crippen LogP contribution in [0.3, 0.4) is 0 Å². The van der Waals surface area contributed by atoms with Crippen LogP contribution in [0.4, 0.5) is 5.69 Å². The Morgan fingerprint density at radius 1 is 1.20 bits per heavy atom. The maximum absolute atomic E-state index is 11.1. The summed E-state index contributed by atoms with van der Waals surface area (Å²) in [7, 11) is 1.69. The molecule has 6 heteroatoms. The zero-order chi connectivity index (χ0) is 17.8. The molecule has 0 bridgehead atoms. The number of methoxy groups -OCH3 is 1. The van der Waals surface area contributed by atoms with Crippen LogP contribution in [0, 0.1) is 0 Å². The Morgan fingerprint density at radius 2 is 1.96 bits per heavy atom. The average Bonchev–Trinajstić information content (AvgIpc) is 2.61. The second-order valence-electron chi connectivity index (χ2n) is 6.11. The summed E-state index contributed by atoms with van der Waals surface area (Å²) in [6, 6.07) is 13.5. The van der Waals surface area contributed by atoms with E-state index in [1.54, 1.807) is 31.4 Å². The molecular formula is C19H21N3O2S. The average molecular weight is 355 g/mol. The van der Waals surface area contributed by atoms with Gasteiger partial charge in [0.2, 0.25) is 5.91 Å². The first-order chi connectivity index (χ1) is 12.0. The zero-order valence-electron chi connectivity index (χ0n) is 14.0. The molecular weight excluding hydrogens is 334 g/mol. The molecule has 1 atom stereocenters. The first kappa shape index (κ1) is 17.2. The van der Waals surface area contributed by atoms with Gasteiger partial charge in [-0.3, -0.25) is 4.79 Å². The smallest absolute Gasteiger partial charge is 0.248 e. The summed E-state index contributed by atoms with van der Waals surface area (Å²) in [5.74, 6) is 0.464. The second-order valence-corrected chi connectivity index (χ2v) is 6.52. The minimum atomic E-state index is -0.440. The fraction of sp³-hybridized carbons (Fsp3) is 0.263. The van der Waals surface area contributed by atoms with Crippen molar-refractivity contribution in [3.8, 4) is 5.75 Å². The van der Waals surface area contributed by atoms with Gasteiger partial charge in [0.25, 0.3) is 0 Å². The Hall–Kier alpha value is -2.60. The lowest BCUT2D eigenvalue weighted by molar-refractivity contribution is 0.100. The molecule has 25 heavy (non-hydrogen) atoms. The summed E-state index contributed by atoms with van der Waals surface area (Å²) < 4.78 is 5.29. The maximum Gasteiger partial charge on any atom is 0.248 e. The molecule has 2 aromatic carbocycles. The lowest BCUT2D eigenvalue weighted by Gasteiger charge is -2.27. The third-order valence-electron chi connectivity index (χ3n) is 4.40. The molecule has 1 aliphatic rings. The van der Waals surface area contributed by atoms with E-state index < -0.39 is 5.91 Å². The standard InChI is InChI=1S/C19H21N3O2S/c1-24-17-9-5-13-10-16(8-4-14(13)11-17)22-19(25)21-15-6-2-12(3-7-15)18(20)23/h2-3,5-7,9,11,16H,4,8,10H2,1H3,(H2,20,23)(H2,21,22,25). The fourth-order valence-electron chi connectivity index (χ4n) is 3.05. The number of primary amides is 1. The highest BCUT2D eigenvalue weighted by molar-refractivity contribution is 7.80. The van der Waals surface area contributed by atoms with Crippen molar-refractivity contribution in [3.63, 3.8) is 0 Å². The highest BCUT2D eigenvalue weighted by Crippen LogP contribution is 2.25. The van der Waals surface area contributed by atoms with Gasteiger partial charge in [0.05, 0.1) is 7.11 Å². The normalized spacial score (nSPS) is 15.8. The van der Waals surface area contributed by atoms with Gasteiger partial charge in [-0.1, -0.05) is 6.07 Å². The lowest BCUT2D eigenvalue weighted by Crippen LogP contribution is -2.41. The van der Waals surface area contributed by atoms with E-state index in [4.69, 9.17) is 22.7 Å². The summed E-state index contributed by atoms with van der Waals surface area (Å²) >= 11 is 5.41. The van der Waals surface area contributed by atoms with E-state index in [1.165, 1.54) is 11.1 Å². The van der Waals surface area contributed by atoms with E-state index in [0.717, 1.165) is 30.7 Å². The van der Waals surface area contributed by atoms with E-state index >= 15 is 0 Å². The molecule has 0 saturated heterocycles. The Morgan fingerprint density at radius 3 is 2.64 bits per heavy atom. The number of anilines is 1. The Kier molecular flexibility index (Phi) is 5.19. The van der Waals surface area contributed by atoms with Crippen molar-refractivity contribution in [1.29, 1.82) is 0 Å². The minimum absolute atomic E-state index is 0.297. The van der Waals surface area contributed by atoms with Crippen molar-refractivity contribution in [2.75, 3.05) is 12.4 Å². The van der Waals surface area contributed by atoms with E-state index in [9.17, 15) is 4.79 Å². The van der Waals surface area contributed by atoms with Gasteiger partial charge < -0.3 is 21.1 Å². The zero-order valence-corrected chi connectivity index (χ0v) is 14.9. The van der Waals surface area contributed by atoms with E-state index in [0.29, 0.717) is 16.7 Å². The third kappa shape index (κ3) is 4.28. The van der Waals surface area contributed by atoms with Crippen LogP contribution in [0.2, 0.25) is 0 Å². The van der Waals surface area contributed by atoms with Crippen LogP contribution in [0.5, 0.6) is 5.75 Å². The molecule has 0 aromatic heterocycles. The lowest BCUT2D eigenvalue weighted by atomic mass is 9.88. The van der Waals surface area contributed by atoms with Crippen LogP contribution in [-0.4, -0.2) is 24.2 Å². The van der Waals surface area contributed by atoms with Gasteiger partial charge in [0.1, 0.15) is 5.75 Å². The molecule has 0 heterocycles. The minimum Gasteiger partial charge on any atom is -0.497 e. The summed E-state index contributed by atoms with van der Waals surface area (Å²) in [4.78, 5) is 11.1. The predicted octanol–water partition coefficient (Wildman–Crippen LogP) is 2.64. The molecule has 0 spiro atoms. The van der Waals surface area contributed by atoms with Crippen molar-refractivity contribution in [1.82, 2.24) is 5.32 Å². The molecule has 1 aliphatic carbocycles. The van der Waals surface area contributed by atoms with Crippen LogP contribution in [0.15, 0.2) is 42.5 Å². The molecule has 0 aliphatic heterocycles. The van der Waals surface area contributed by atoms with Crippen molar-refractivity contribution in [2.45, 2.75) is 25.3 Å². The fourth-order valence-corrected chi connectivity index (χ4v) is 3.34. The molecule has 2 aromatic rings. The van der Waals surface area contributed by atoms with Crippen molar-refractivity contribution >= 4 is 28.9 Å². The van der Waals surface area contributed by atoms with E-state index in [1.807, 2.05) is 6.07 Å². The molecule has 0 radical (unpaired) electrons. The molecule has 1 amide bonds. The number of ether oxygens (including phenoxy) is 1. The van der Waals surface area contributed by atoms with Crippen LogP contribution in [0.25, 0.3) is 0 Å². The molecule has 0 saturated carbocycles. The number of aryl methyl sites for hydroxylation is 1. The number of amides is 1. The molecule has 5 nitrogen and oxygen atoms in total. The highest BCUT2D eigenvalue weighted by atomic mass is 32.1. The Labute approximate surface area is 152 Å².